The Hall–Kier alpha value is -1.84. The molecule has 0 spiro atoms. The summed E-state index contributed by atoms with van der Waals surface area (Å²) >= 11 is 0. The van der Waals surface area contributed by atoms with Gasteiger partial charge in [-0.3, -0.25) is 9.59 Å². The van der Waals surface area contributed by atoms with Crippen LogP contribution in [0.5, 0.6) is 0 Å². The minimum atomic E-state index is 0.186. The van der Waals surface area contributed by atoms with Crippen molar-refractivity contribution in [2.24, 2.45) is 5.92 Å². The van der Waals surface area contributed by atoms with Crippen molar-refractivity contribution in [2.75, 3.05) is 13.1 Å². The molecule has 1 saturated carbocycles. The zero-order chi connectivity index (χ0) is 17.2. The van der Waals surface area contributed by atoms with Gasteiger partial charge in [-0.25, -0.2) is 0 Å². The molecule has 0 bridgehead atoms. The zero-order valence-corrected chi connectivity index (χ0v) is 15.0. The average molecular weight is 340 g/mol. The molecule has 25 heavy (non-hydrogen) atoms. The van der Waals surface area contributed by atoms with Crippen LogP contribution in [0.15, 0.2) is 24.3 Å². The summed E-state index contributed by atoms with van der Waals surface area (Å²) in [5, 5.41) is 0. The second-order valence-electron chi connectivity index (χ2n) is 7.87. The third kappa shape index (κ3) is 3.44. The summed E-state index contributed by atoms with van der Waals surface area (Å²) in [5.41, 5.74) is 1.86. The molecule has 0 N–H and O–H groups in total. The van der Waals surface area contributed by atoms with Crippen molar-refractivity contribution in [1.29, 1.82) is 0 Å². The van der Waals surface area contributed by atoms with Gasteiger partial charge in [0, 0.05) is 37.7 Å². The predicted octanol–water partition coefficient (Wildman–Crippen LogP) is 3.60. The third-order valence-electron chi connectivity index (χ3n) is 6.22. The lowest BCUT2D eigenvalue weighted by Gasteiger charge is -2.44. The average Bonchev–Trinajstić information content (AvgIpc) is 3.05. The number of piperidine rings is 1. The number of benzene rings is 1. The quantitative estimate of drug-likeness (QED) is 0.843. The first kappa shape index (κ1) is 16.6. The highest BCUT2D eigenvalue weighted by Crippen LogP contribution is 2.36. The van der Waals surface area contributed by atoms with Gasteiger partial charge in [0.2, 0.25) is 5.91 Å². The summed E-state index contributed by atoms with van der Waals surface area (Å²) in [6.45, 7) is 2.37. The predicted molar refractivity (Wildman–Crippen MR) is 97.1 cm³/mol. The van der Waals surface area contributed by atoms with E-state index in [0.29, 0.717) is 24.9 Å². The largest absolute Gasteiger partial charge is 0.338 e. The van der Waals surface area contributed by atoms with Gasteiger partial charge in [0.25, 0.3) is 5.91 Å². The molecule has 134 valence electrons. The number of likely N-dealkylation sites (tertiary alicyclic amines) is 2. The van der Waals surface area contributed by atoms with Crippen molar-refractivity contribution in [3.05, 3.63) is 35.4 Å². The van der Waals surface area contributed by atoms with Crippen molar-refractivity contribution < 1.29 is 9.59 Å². The van der Waals surface area contributed by atoms with Crippen LogP contribution in [0.3, 0.4) is 0 Å². The maximum atomic E-state index is 13.2. The number of hydrogen-bond donors (Lipinski definition) is 0. The lowest BCUT2D eigenvalue weighted by molar-refractivity contribution is -0.128. The van der Waals surface area contributed by atoms with Crippen LogP contribution in [-0.4, -0.2) is 40.7 Å². The topological polar surface area (TPSA) is 40.6 Å². The van der Waals surface area contributed by atoms with Gasteiger partial charge in [-0.15, -0.1) is 0 Å². The molecule has 1 aromatic carbocycles. The van der Waals surface area contributed by atoms with Gasteiger partial charge in [-0.2, -0.15) is 0 Å². The van der Waals surface area contributed by atoms with E-state index in [2.05, 4.69) is 4.90 Å². The molecular weight excluding hydrogens is 312 g/mol. The maximum absolute atomic E-state index is 13.2. The van der Waals surface area contributed by atoms with Gasteiger partial charge in [0.1, 0.15) is 0 Å². The Labute approximate surface area is 150 Å². The highest BCUT2D eigenvalue weighted by atomic mass is 16.2. The number of fused-ring (bicyclic) bond motifs is 1. The monoisotopic (exact) mass is 340 g/mol. The fourth-order valence-electron chi connectivity index (χ4n) is 4.94. The van der Waals surface area contributed by atoms with Crippen molar-refractivity contribution in [1.82, 2.24) is 9.80 Å². The van der Waals surface area contributed by atoms with Crippen LogP contribution in [0.1, 0.15) is 67.3 Å². The Morgan fingerprint density at radius 2 is 1.88 bits per heavy atom. The van der Waals surface area contributed by atoms with Gasteiger partial charge in [-0.1, -0.05) is 25.0 Å². The highest BCUT2D eigenvalue weighted by molar-refractivity contribution is 5.94. The molecular formula is C21H28N2O2. The van der Waals surface area contributed by atoms with Crippen LogP contribution < -0.4 is 0 Å². The Kier molecular flexibility index (Phi) is 4.78. The van der Waals surface area contributed by atoms with Crippen LogP contribution in [-0.2, 0) is 11.3 Å². The molecule has 2 amide bonds. The first-order chi connectivity index (χ1) is 12.2. The van der Waals surface area contributed by atoms with Gasteiger partial charge < -0.3 is 9.80 Å². The molecule has 0 radical (unpaired) electrons. The van der Waals surface area contributed by atoms with Crippen LogP contribution in [0.25, 0.3) is 0 Å². The summed E-state index contributed by atoms with van der Waals surface area (Å²) < 4.78 is 0. The van der Waals surface area contributed by atoms with E-state index in [-0.39, 0.29) is 11.8 Å². The van der Waals surface area contributed by atoms with Crippen LogP contribution in [0.4, 0.5) is 0 Å². The molecule has 4 nitrogen and oxygen atoms in total. The minimum absolute atomic E-state index is 0.186. The van der Waals surface area contributed by atoms with E-state index < -0.39 is 0 Å². The summed E-state index contributed by atoms with van der Waals surface area (Å²) in [6, 6.07) is 8.37. The summed E-state index contributed by atoms with van der Waals surface area (Å²) in [7, 11) is 0. The number of nitrogens with zero attached hydrogens (tertiary/aromatic N) is 2. The molecule has 1 aliphatic carbocycles. The molecule has 2 heterocycles. The SMILES string of the molecule is O=C1CCCN1Cc1cccc(C(=O)N2CCCC3CCCCC32)c1. The normalized spacial score (nSPS) is 26.6. The van der Waals surface area contributed by atoms with Gasteiger partial charge in [0.15, 0.2) is 0 Å². The first-order valence-corrected chi connectivity index (χ1v) is 9.90. The highest BCUT2D eigenvalue weighted by Gasteiger charge is 2.36. The third-order valence-corrected chi connectivity index (χ3v) is 6.22. The van der Waals surface area contributed by atoms with E-state index in [1.54, 1.807) is 0 Å². The Morgan fingerprint density at radius 3 is 2.72 bits per heavy atom. The molecule has 0 aromatic heterocycles. The van der Waals surface area contributed by atoms with Crippen LogP contribution >= 0.6 is 0 Å². The van der Waals surface area contributed by atoms with Crippen LogP contribution in [0.2, 0.25) is 0 Å². The smallest absolute Gasteiger partial charge is 0.254 e. The standard InChI is InChI=1S/C21H28N2O2/c24-20-11-5-12-22(20)15-16-6-3-8-18(14-16)21(25)23-13-4-9-17-7-1-2-10-19(17)23/h3,6,8,14,17,19H,1-2,4-5,7,9-13,15H2. The Bertz CT molecular complexity index is 655. The zero-order valence-electron chi connectivity index (χ0n) is 15.0. The molecule has 2 aliphatic heterocycles. The fourth-order valence-corrected chi connectivity index (χ4v) is 4.94. The second-order valence-corrected chi connectivity index (χ2v) is 7.87. The van der Waals surface area contributed by atoms with Gasteiger partial charge >= 0.3 is 0 Å². The number of amides is 2. The summed E-state index contributed by atoms with van der Waals surface area (Å²) in [6.07, 6.45) is 9.05. The number of carbonyl (C=O) groups is 2. The van der Waals surface area contributed by atoms with Crippen molar-refractivity contribution >= 4 is 11.8 Å². The molecule has 2 atom stereocenters. The van der Waals surface area contributed by atoms with E-state index in [1.165, 1.54) is 32.1 Å². The Balaban J connectivity index is 1.49. The summed E-state index contributed by atoms with van der Waals surface area (Å²) in [5.74, 6) is 1.13. The molecule has 4 heteroatoms. The van der Waals surface area contributed by atoms with Crippen molar-refractivity contribution in [2.45, 2.75) is 64.0 Å². The van der Waals surface area contributed by atoms with Crippen molar-refractivity contribution in [3.8, 4) is 0 Å². The Morgan fingerprint density at radius 1 is 1.04 bits per heavy atom. The molecule has 2 unspecified atom stereocenters. The van der Waals surface area contributed by atoms with Gasteiger partial charge in [0.05, 0.1) is 0 Å². The number of rotatable bonds is 3. The number of carbonyl (C=O) groups excluding carboxylic acids is 2. The van der Waals surface area contributed by atoms with Crippen LogP contribution in [0, 0.1) is 5.92 Å². The lowest BCUT2D eigenvalue weighted by Crippen LogP contribution is -2.49. The second kappa shape index (κ2) is 7.19. The molecule has 2 saturated heterocycles. The number of hydrogen-bond acceptors (Lipinski definition) is 2. The van der Waals surface area contributed by atoms with Crippen molar-refractivity contribution in [3.63, 3.8) is 0 Å². The minimum Gasteiger partial charge on any atom is -0.338 e. The van der Waals surface area contributed by atoms with E-state index in [4.69, 9.17) is 0 Å². The van der Waals surface area contributed by atoms with Gasteiger partial charge in [-0.05, 0) is 55.7 Å². The fraction of sp³-hybridized carbons (Fsp3) is 0.619. The van der Waals surface area contributed by atoms with E-state index in [1.807, 2.05) is 29.2 Å². The molecule has 3 aliphatic rings. The van der Waals surface area contributed by atoms with E-state index in [9.17, 15) is 9.59 Å². The molecule has 1 aromatic rings. The van der Waals surface area contributed by atoms with E-state index in [0.717, 1.165) is 37.1 Å². The van der Waals surface area contributed by atoms with E-state index >= 15 is 0 Å². The molecule has 4 rings (SSSR count). The molecule has 3 fully saturated rings. The maximum Gasteiger partial charge on any atom is 0.254 e. The lowest BCUT2D eigenvalue weighted by atomic mass is 9.78. The summed E-state index contributed by atoms with van der Waals surface area (Å²) in [4.78, 5) is 29.1. The first-order valence-electron chi connectivity index (χ1n) is 9.90.